The maximum absolute atomic E-state index is 13.1. The van der Waals surface area contributed by atoms with Crippen molar-refractivity contribution in [3.8, 4) is 22.9 Å². The highest BCUT2D eigenvalue weighted by Crippen LogP contribution is 2.35. The average Bonchev–Trinajstić information content (AvgIpc) is 3.35. The molecule has 1 aliphatic heterocycles. The largest absolute Gasteiger partial charge is 0.493 e. The van der Waals surface area contributed by atoms with Crippen molar-refractivity contribution >= 4 is 11.6 Å². The summed E-state index contributed by atoms with van der Waals surface area (Å²) in [4.78, 5) is 32.6. The lowest BCUT2D eigenvalue weighted by molar-refractivity contribution is -0.385. The molecular weight excluding hydrogens is 438 g/mol. The van der Waals surface area contributed by atoms with Gasteiger partial charge in [-0.1, -0.05) is 30.3 Å². The van der Waals surface area contributed by atoms with Gasteiger partial charge in [0.15, 0.2) is 11.5 Å². The van der Waals surface area contributed by atoms with Gasteiger partial charge in [0.2, 0.25) is 0 Å². The van der Waals surface area contributed by atoms with E-state index in [2.05, 4.69) is 14.5 Å². The van der Waals surface area contributed by atoms with Crippen LogP contribution in [0.4, 0.5) is 5.69 Å². The summed E-state index contributed by atoms with van der Waals surface area (Å²) in [6, 6.07) is 12.7. The van der Waals surface area contributed by atoms with Crippen molar-refractivity contribution in [3.63, 3.8) is 0 Å². The third-order valence-electron chi connectivity index (χ3n) is 5.99. The fourth-order valence-corrected chi connectivity index (χ4v) is 4.12. The molecule has 1 aliphatic rings. The number of aromatic nitrogens is 2. The van der Waals surface area contributed by atoms with Crippen LogP contribution in [0.2, 0.25) is 0 Å². The fourth-order valence-electron chi connectivity index (χ4n) is 4.12. The van der Waals surface area contributed by atoms with Gasteiger partial charge in [-0.25, -0.2) is 4.98 Å². The number of carbonyl (C=O) groups excluding carboxylic acids is 1. The first kappa shape index (κ1) is 23.2. The molecule has 4 rings (SSSR count). The van der Waals surface area contributed by atoms with Crippen molar-refractivity contribution in [2.45, 2.75) is 6.54 Å². The Bertz CT molecular complexity index is 1160. The monoisotopic (exact) mass is 465 g/mol. The van der Waals surface area contributed by atoms with Gasteiger partial charge in [-0.2, -0.15) is 0 Å². The second-order valence-corrected chi connectivity index (χ2v) is 7.93. The van der Waals surface area contributed by atoms with Crippen LogP contribution in [0.3, 0.4) is 0 Å². The molecule has 3 aromatic rings. The second-order valence-electron chi connectivity index (χ2n) is 7.93. The number of hydrogen-bond donors (Lipinski definition) is 0. The van der Waals surface area contributed by atoms with E-state index in [0.29, 0.717) is 26.2 Å². The Hall–Kier alpha value is -3.92. The molecule has 0 aliphatic carbocycles. The molecule has 1 fully saturated rings. The number of hydrogen-bond acceptors (Lipinski definition) is 7. The van der Waals surface area contributed by atoms with E-state index in [1.165, 1.54) is 26.4 Å². The molecule has 2 heterocycles. The summed E-state index contributed by atoms with van der Waals surface area (Å²) >= 11 is 0. The Labute approximate surface area is 197 Å². The van der Waals surface area contributed by atoms with Crippen LogP contribution >= 0.6 is 0 Å². The predicted octanol–water partition coefficient (Wildman–Crippen LogP) is 2.93. The summed E-state index contributed by atoms with van der Waals surface area (Å²) in [6.45, 7) is 3.93. The predicted molar refractivity (Wildman–Crippen MR) is 126 cm³/mol. The van der Waals surface area contributed by atoms with Gasteiger partial charge in [0.25, 0.3) is 11.6 Å². The van der Waals surface area contributed by atoms with Gasteiger partial charge < -0.3 is 18.9 Å². The summed E-state index contributed by atoms with van der Waals surface area (Å²) < 4.78 is 12.5. The van der Waals surface area contributed by atoms with Crippen molar-refractivity contribution < 1.29 is 19.2 Å². The van der Waals surface area contributed by atoms with E-state index in [4.69, 9.17) is 9.47 Å². The number of benzene rings is 2. The van der Waals surface area contributed by atoms with Crippen LogP contribution in [0, 0.1) is 10.1 Å². The zero-order chi connectivity index (χ0) is 24.1. The molecule has 1 amide bonds. The molecule has 0 atom stereocenters. The number of nitrogens with zero attached hydrogens (tertiary/aromatic N) is 5. The third-order valence-corrected chi connectivity index (χ3v) is 5.99. The molecule has 178 valence electrons. The number of carbonyl (C=O) groups is 1. The highest BCUT2D eigenvalue weighted by atomic mass is 16.6. The maximum atomic E-state index is 13.1. The first-order valence-corrected chi connectivity index (χ1v) is 11.0. The summed E-state index contributed by atoms with van der Waals surface area (Å²) in [5.74, 6) is 1.04. The molecule has 0 unspecified atom stereocenters. The molecule has 0 N–H and O–H groups in total. The van der Waals surface area contributed by atoms with Crippen LogP contribution in [0.25, 0.3) is 11.4 Å². The van der Waals surface area contributed by atoms with Crippen LogP contribution in [0.1, 0.15) is 10.4 Å². The smallest absolute Gasteiger partial charge is 0.286 e. The van der Waals surface area contributed by atoms with Crippen molar-refractivity contribution in [2.75, 3.05) is 46.9 Å². The zero-order valence-corrected chi connectivity index (χ0v) is 19.2. The Balaban J connectivity index is 1.39. The van der Waals surface area contributed by atoms with Gasteiger partial charge in [0.05, 0.1) is 25.2 Å². The molecule has 0 saturated carbocycles. The highest BCUT2D eigenvalue weighted by molar-refractivity contribution is 5.99. The first-order valence-electron chi connectivity index (χ1n) is 11.0. The Kier molecular flexibility index (Phi) is 7.07. The van der Waals surface area contributed by atoms with E-state index >= 15 is 0 Å². The summed E-state index contributed by atoms with van der Waals surface area (Å²) in [7, 11) is 2.83. The topological polar surface area (TPSA) is 103 Å². The van der Waals surface area contributed by atoms with Gasteiger partial charge in [0.1, 0.15) is 11.4 Å². The Morgan fingerprint density at radius 2 is 1.71 bits per heavy atom. The van der Waals surface area contributed by atoms with Gasteiger partial charge in [-0.05, 0) is 0 Å². The van der Waals surface area contributed by atoms with Crippen molar-refractivity contribution in [3.05, 3.63) is 70.5 Å². The van der Waals surface area contributed by atoms with Crippen LogP contribution in [0.15, 0.2) is 54.9 Å². The number of piperazine rings is 1. The molecule has 34 heavy (non-hydrogen) atoms. The number of nitro benzene ring substituents is 1. The number of amides is 1. The first-order chi connectivity index (χ1) is 16.5. The van der Waals surface area contributed by atoms with E-state index in [1.54, 1.807) is 11.1 Å². The fraction of sp³-hybridized carbons (Fsp3) is 0.333. The van der Waals surface area contributed by atoms with Crippen LogP contribution in [0.5, 0.6) is 11.5 Å². The summed E-state index contributed by atoms with van der Waals surface area (Å²) in [6.07, 6.45) is 3.77. The minimum atomic E-state index is -0.569. The van der Waals surface area contributed by atoms with Crippen LogP contribution < -0.4 is 9.47 Å². The van der Waals surface area contributed by atoms with E-state index < -0.39 is 4.92 Å². The van der Waals surface area contributed by atoms with Gasteiger partial charge >= 0.3 is 0 Å². The molecule has 0 bridgehead atoms. The third kappa shape index (κ3) is 4.86. The minimum absolute atomic E-state index is 0.00187. The quantitative estimate of drug-likeness (QED) is 0.372. The number of rotatable bonds is 8. The van der Waals surface area contributed by atoms with E-state index in [0.717, 1.165) is 24.5 Å². The molecule has 2 aromatic carbocycles. The number of nitro groups is 1. The molecule has 10 heteroatoms. The van der Waals surface area contributed by atoms with Crippen LogP contribution in [-0.4, -0.2) is 77.1 Å². The van der Waals surface area contributed by atoms with Gasteiger partial charge in [-0.3, -0.25) is 19.8 Å². The lowest BCUT2D eigenvalue weighted by Gasteiger charge is -2.34. The highest BCUT2D eigenvalue weighted by Gasteiger charge is 2.30. The van der Waals surface area contributed by atoms with Crippen molar-refractivity contribution in [1.82, 2.24) is 19.4 Å². The number of ether oxygens (including phenoxy) is 2. The van der Waals surface area contributed by atoms with Gasteiger partial charge in [0, 0.05) is 63.3 Å². The van der Waals surface area contributed by atoms with Gasteiger partial charge in [-0.15, -0.1) is 0 Å². The van der Waals surface area contributed by atoms with E-state index in [-0.39, 0.29) is 28.7 Å². The zero-order valence-electron chi connectivity index (χ0n) is 19.2. The molecule has 10 nitrogen and oxygen atoms in total. The second kappa shape index (κ2) is 10.3. The van der Waals surface area contributed by atoms with Crippen molar-refractivity contribution in [1.29, 1.82) is 0 Å². The lowest BCUT2D eigenvalue weighted by atomic mass is 10.1. The molecule has 0 radical (unpaired) electrons. The number of imidazole rings is 1. The number of methoxy groups -OCH3 is 2. The molecule has 1 aromatic heterocycles. The summed E-state index contributed by atoms with van der Waals surface area (Å²) in [5, 5.41) is 11.6. The van der Waals surface area contributed by atoms with E-state index in [1.807, 2.05) is 36.5 Å². The average molecular weight is 466 g/mol. The summed E-state index contributed by atoms with van der Waals surface area (Å²) in [5.41, 5.74) is 0.778. The standard InChI is InChI=1S/C24H27N5O5/c1-33-21-16-19(20(29(31)32)17-22(21)34-2)24(30)28-14-11-26(12-15-28)10-13-27-9-8-25-23(27)18-6-4-3-5-7-18/h3-9,16-17H,10-15H2,1-2H3. The maximum Gasteiger partial charge on any atom is 0.286 e. The molecule has 1 saturated heterocycles. The minimum Gasteiger partial charge on any atom is -0.493 e. The lowest BCUT2D eigenvalue weighted by Crippen LogP contribution is -2.49. The SMILES string of the molecule is COc1cc(C(=O)N2CCN(CCn3ccnc3-c3ccccc3)CC2)c([N+](=O)[O-])cc1OC. The molecular formula is C24H27N5O5. The molecule has 0 spiro atoms. The Morgan fingerprint density at radius 3 is 2.35 bits per heavy atom. The normalized spacial score (nSPS) is 14.1. The van der Waals surface area contributed by atoms with Crippen molar-refractivity contribution in [2.24, 2.45) is 0 Å². The van der Waals surface area contributed by atoms with E-state index in [9.17, 15) is 14.9 Å². The van der Waals surface area contributed by atoms with Crippen LogP contribution in [-0.2, 0) is 6.54 Å². The Morgan fingerprint density at radius 1 is 1.03 bits per heavy atom.